The molecule has 0 N–H and O–H groups in total. The Morgan fingerprint density at radius 1 is 1.14 bits per heavy atom. The number of nitrogens with zero attached hydrogens (tertiary/aromatic N) is 2. The maximum absolute atomic E-state index is 13.2. The van der Waals surface area contributed by atoms with E-state index >= 15 is 0 Å². The standard InChI is InChI=1S/C22H20N2OS3/c1-15(21-23-18-8-4-6-10-20(18)28-21)24(2)22(25)17-7-3-5-9-19(17)27-14-16-11-12-26-13-16/h3-13,15H,14H2,1-2H3/t15-/m1/s1. The van der Waals surface area contributed by atoms with Gasteiger partial charge in [-0.2, -0.15) is 11.3 Å². The van der Waals surface area contributed by atoms with Crippen molar-refractivity contribution >= 4 is 50.6 Å². The SMILES string of the molecule is C[C@H](c1nc2ccccc2s1)N(C)C(=O)c1ccccc1SCc1ccsc1. The van der Waals surface area contributed by atoms with Crippen molar-refractivity contribution in [1.82, 2.24) is 9.88 Å². The molecule has 0 unspecified atom stereocenters. The lowest BCUT2D eigenvalue weighted by atomic mass is 10.2. The summed E-state index contributed by atoms with van der Waals surface area (Å²) in [6.45, 7) is 2.04. The molecule has 28 heavy (non-hydrogen) atoms. The molecule has 0 bridgehead atoms. The van der Waals surface area contributed by atoms with Crippen molar-refractivity contribution in [2.45, 2.75) is 23.6 Å². The summed E-state index contributed by atoms with van der Waals surface area (Å²) in [5.41, 5.74) is 3.02. The van der Waals surface area contributed by atoms with Crippen LogP contribution in [0.1, 0.15) is 33.9 Å². The van der Waals surface area contributed by atoms with Gasteiger partial charge >= 0.3 is 0 Å². The van der Waals surface area contributed by atoms with Crippen molar-refractivity contribution in [3.8, 4) is 0 Å². The highest BCUT2D eigenvalue weighted by Crippen LogP contribution is 2.32. The maximum Gasteiger partial charge on any atom is 0.255 e. The van der Waals surface area contributed by atoms with Crippen molar-refractivity contribution in [3.63, 3.8) is 0 Å². The molecule has 1 atom stereocenters. The fourth-order valence-electron chi connectivity index (χ4n) is 2.91. The molecule has 1 amide bonds. The summed E-state index contributed by atoms with van der Waals surface area (Å²) in [4.78, 5) is 20.8. The number of carbonyl (C=O) groups is 1. The minimum absolute atomic E-state index is 0.0279. The van der Waals surface area contributed by atoms with Crippen molar-refractivity contribution in [3.05, 3.63) is 81.5 Å². The zero-order valence-electron chi connectivity index (χ0n) is 15.7. The summed E-state index contributed by atoms with van der Waals surface area (Å²) in [6, 6.07) is 18.0. The van der Waals surface area contributed by atoms with Gasteiger partial charge in [0.05, 0.1) is 21.8 Å². The van der Waals surface area contributed by atoms with E-state index in [2.05, 4.69) is 22.9 Å². The van der Waals surface area contributed by atoms with Gasteiger partial charge in [-0.25, -0.2) is 4.98 Å². The number of benzene rings is 2. The van der Waals surface area contributed by atoms with E-state index in [0.717, 1.165) is 31.4 Å². The van der Waals surface area contributed by atoms with E-state index in [1.165, 1.54) is 5.56 Å². The highest BCUT2D eigenvalue weighted by atomic mass is 32.2. The third-order valence-corrected chi connectivity index (χ3v) is 7.74. The van der Waals surface area contributed by atoms with E-state index < -0.39 is 0 Å². The van der Waals surface area contributed by atoms with Crippen LogP contribution in [0.25, 0.3) is 10.2 Å². The number of fused-ring (bicyclic) bond motifs is 1. The number of hydrogen-bond donors (Lipinski definition) is 0. The number of amides is 1. The number of thiazole rings is 1. The molecule has 0 fully saturated rings. The van der Waals surface area contributed by atoms with Crippen LogP contribution >= 0.6 is 34.4 Å². The topological polar surface area (TPSA) is 33.2 Å². The molecular formula is C22H20N2OS3. The van der Waals surface area contributed by atoms with E-state index in [9.17, 15) is 4.79 Å². The Balaban J connectivity index is 1.54. The summed E-state index contributed by atoms with van der Waals surface area (Å²) in [7, 11) is 1.86. The lowest BCUT2D eigenvalue weighted by Gasteiger charge is -2.24. The van der Waals surface area contributed by atoms with Crippen molar-refractivity contribution in [1.29, 1.82) is 0 Å². The molecular weight excluding hydrogens is 404 g/mol. The largest absolute Gasteiger partial charge is 0.332 e. The Labute approximate surface area is 177 Å². The van der Waals surface area contributed by atoms with Crippen LogP contribution in [0.4, 0.5) is 0 Å². The number of carbonyl (C=O) groups excluding carboxylic acids is 1. The molecule has 4 aromatic rings. The molecule has 2 aromatic heterocycles. The van der Waals surface area contributed by atoms with Crippen LogP contribution in [-0.4, -0.2) is 22.8 Å². The zero-order valence-corrected chi connectivity index (χ0v) is 18.1. The first-order chi connectivity index (χ1) is 13.6. The summed E-state index contributed by atoms with van der Waals surface area (Å²) in [5.74, 6) is 0.894. The number of thiophene rings is 1. The highest BCUT2D eigenvalue weighted by molar-refractivity contribution is 7.98. The van der Waals surface area contributed by atoms with Crippen LogP contribution in [-0.2, 0) is 5.75 Å². The average Bonchev–Trinajstić information content (AvgIpc) is 3.40. The molecule has 0 aliphatic rings. The maximum atomic E-state index is 13.2. The predicted molar refractivity (Wildman–Crippen MR) is 120 cm³/mol. The Morgan fingerprint density at radius 2 is 1.93 bits per heavy atom. The molecule has 0 aliphatic carbocycles. The smallest absolute Gasteiger partial charge is 0.255 e. The highest BCUT2D eigenvalue weighted by Gasteiger charge is 2.23. The minimum atomic E-state index is -0.0835. The minimum Gasteiger partial charge on any atom is -0.332 e. The van der Waals surface area contributed by atoms with Crippen molar-refractivity contribution in [2.75, 3.05) is 7.05 Å². The van der Waals surface area contributed by atoms with Crippen LogP contribution in [0, 0.1) is 0 Å². The fraction of sp³-hybridized carbons (Fsp3) is 0.182. The van der Waals surface area contributed by atoms with E-state index in [1.807, 2.05) is 56.4 Å². The van der Waals surface area contributed by atoms with Crippen LogP contribution in [0.2, 0.25) is 0 Å². The fourth-order valence-corrected chi connectivity index (χ4v) is 5.73. The number of aromatic nitrogens is 1. The molecule has 2 aromatic carbocycles. The number of thioether (sulfide) groups is 1. The lowest BCUT2D eigenvalue weighted by molar-refractivity contribution is 0.0739. The number of hydrogen-bond acceptors (Lipinski definition) is 5. The van der Waals surface area contributed by atoms with Crippen LogP contribution < -0.4 is 0 Å². The van der Waals surface area contributed by atoms with Gasteiger partial charge in [-0.3, -0.25) is 4.79 Å². The summed E-state index contributed by atoms with van der Waals surface area (Å²) in [6.07, 6.45) is 0. The predicted octanol–water partition coefficient (Wildman–Crippen LogP) is 6.48. The Bertz CT molecular complexity index is 1060. The summed E-state index contributed by atoms with van der Waals surface area (Å²) >= 11 is 5.06. The first-order valence-electron chi connectivity index (χ1n) is 8.99. The van der Waals surface area contributed by atoms with Crippen LogP contribution in [0.5, 0.6) is 0 Å². The molecule has 0 aliphatic heterocycles. The van der Waals surface area contributed by atoms with Gasteiger partial charge in [-0.05, 0) is 53.6 Å². The normalized spacial score (nSPS) is 12.2. The second-order valence-corrected chi connectivity index (χ2v) is 9.39. The number of rotatable bonds is 6. The molecule has 0 saturated carbocycles. The van der Waals surface area contributed by atoms with E-state index in [-0.39, 0.29) is 11.9 Å². The Morgan fingerprint density at radius 3 is 2.71 bits per heavy atom. The van der Waals surface area contributed by atoms with Gasteiger partial charge in [-0.1, -0.05) is 24.3 Å². The molecule has 2 heterocycles. The van der Waals surface area contributed by atoms with E-state index in [0.29, 0.717) is 0 Å². The van der Waals surface area contributed by atoms with E-state index in [4.69, 9.17) is 4.98 Å². The van der Waals surface area contributed by atoms with Gasteiger partial charge in [-0.15, -0.1) is 23.1 Å². The Hall–Kier alpha value is -2.15. The lowest BCUT2D eigenvalue weighted by Crippen LogP contribution is -2.30. The van der Waals surface area contributed by atoms with Crippen LogP contribution in [0.3, 0.4) is 0 Å². The molecule has 0 saturated heterocycles. The Kier molecular flexibility index (Phi) is 5.80. The molecule has 0 spiro atoms. The molecule has 4 rings (SSSR count). The van der Waals surface area contributed by atoms with Crippen LogP contribution in [0.15, 0.2) is 70.3 Å². The van der Waals surface area contributed by atoms with Gasteiger partial charge < -0.3 is 4.90 Å². The summed E-state index contributed by atoms with van der Waals surface area (Å²) in [5, 5.41) is 5.19. The second-order valence-electron chi connectivity index (χ2n) is 6.53. The second kappa shape index (κ2) is 8.47. The van der Waals surface area contributed by atoms with Gasteiger partial charge in [0.1, 0.15) is 5.01 Å². The third kappa shape index (κ3) is 3.99. The first-order valence-corrected chi connectivity index (χ1v) is 11.7. The molecule has 6 heteroatoms. The number of para-hydroxylation sites is 1. The van der Waals surface area contributed by atoms with Gasteiger partial charge in [0.2, 0.25) is 0 Å². The average molecular weight is 425 g/mol. The quantitative estimate of drug-likeness (QED) is 0.332. The molecule has 0 radical (unpaired) electrons. The first kappa shape index (κ1) is 19.2. The molecule has 3 nitrogen and oxygen atoms in total. The van der Waals surface area contributed by atoms with Gasteiger partial charge in [0.25, 0.3) is 5.91 Å². The monoisotopic (exact) mass is 424 g/mol. The van der Waals surface area contributed by atoms with Gasteiger partial charge in [0, 0.05) is 17.7 Å². The van der Waals surface area contributed by atoms with Gasteiger partial charge in [0.15, 0.2) is 0 Å². The molecule has 142 valence electrons. The zero-order chi connectivity index (χ0) is 19.5. The van der Waals surface area contributed by atoms with E-state index in [1.54, 1.807) is 39.3 Å². The van der Waals surface area contributed by atoms with Crippen molar-refractivity contribution < 1.29 is 4.79 Å². The third-order valence-electron chi connectivity index (χ3n) is 4.66. The van der Waals surface area contributed by atoms with Crippen molar-refractivity contribution in [2.24, 2.45) is 0 Å². The summed E-state index contributed by atoms with van der Waals surface area (Å²) < 4.78 is 1.15.